The lowest BCUT2D eigenvalue weighted by molar-refractivity contribution is 0.0515. The molecule has 80 valence electrons. The van der Waals surface area contributed by atoms with Crippen molar-refractivity contribution in [2.45, 2.75) is 0 Å². The minimum Gasteiger partial charge on any atom is -0.338 e. The van der Waals surface area contributed by atoms with Gasteiger partial charge in [0.25, 0.3) is 5.91 Å². The smallest absolute Gasteiger partial charge is 0.253 e. The first-order valence-corrected chi connectivity index (χ1v) is 4.95. The first-order chi connectivity index (χ1) is 7.20. The zero-order valence-electron chi connectivity index (χ0n) is 8.32. The monoisotopic (exact) mass is 208 g/mol. The van der Waals surface area contributed by atoms with Crippen LogP contribution < -0.4 is 5.73 Å². The molecule has 3 nitrogen and oxygen atoms in total. The predicted molar refractivity (Wildman–Crippen MR) is 54.8 cm³/mol. The molecule has 15 heavy (non-hydrogen) atoms. The summed E-state index contributed by atoms with van der Waals surface area (Å²) in [5.74, 6) is -0.0848. The maximum atomic E-state index is 12.9. The highest BCUT2D eigenvalue weighted by Gasteiger charge is 2.29. The van der Waals surface area contributed by atoms with Gasteiger partial charge in [-0.05, 0) is 24.7 Å². The van der Waals surface area contributed by atoms with Crippen molar-refractivity contribution in [3.05, 3.63) is 35.6 Å². The standard InChI is InChI=1S/C11H13FN2O/c12-10-3-1-2-9(4-10)11(15)14-6-8(5-13)7-14/h1-4,8H,5-7,13H2. The summed E-state index contributed by atoms with van der Waals surface area (Å²) in [4.78, 5) is 13.4. The summed E-state index contributed by atoms with van der Waals surface area (Å²) in [6, 6.07) is 5.76. The van der Waals surface area contributed by atoms with Gasteiger partial charge in [-0.15, -0.1) is 0 Å². The average Bonchev–Trinajstić information content (AvgIpc) is 2.16. The molecule has 1 aliphatic rings. The van der Waals surface area contributed by atoms with Crippen molar-refractivity contribution in [1.29, 1.82) is 0 Å². The molecule has 1 aromatic rings. The summed E-state index contributed by atoms with van der Waals surface area (Å²) < 4.78 is 12.9. The highest BCUT2D eigenvalue weighted by atomic mass is 19.1. The fourth-order valence-corrected chi connectivity index (χ4v) is 1.69. The van der Waals surface area contributed by atoms with E-state index in [9.17, 15) is 9.18 Å². The third-order valence-electron chi connectivity index (χ3n) is 2.65. The molecule has 2 N–H and O–H groups in total. The molecule has 1 fully saturated rings. The maximum absolute atomic E-state index is 12.9. The number of amides is 1. The molecule has 0 aliphatic carbocycles. The van der Waals surface area contributed by atoms with E-state index in [1.54, 1.807) is 17.0 Å². The van der Waals surface area contributed by atoms with E-state index < -0.39 is 0 Å². The number of rotatable bonds is 2. The molecular formula is C11H13FN2O. The molecule has 0 radical (unpaired) electrons. The van der Waals surface area contributed by atoms with Crippen LogP contribution in [0.2, 0.25) is 0 Å². The van der Waals surface area contributed by atoms with Gasteiger partial charge < -0.3 is 10.6 Å². The van der Waals surface area contributed by atoms with E-state index in [1.165, 1.54) is 12.1 Å². The summed E-state index contributed by atoms with van der Waals surface area (Å²) >= 11 is 0. The third-order valence-corrected chi connectivity index (χ3v) is 2.65. The van der Waals surface area contributed by atoms with Crippen LogP contribution in [-0.2, 0) is 0 Å². The molecule has 1 saturated heterocycles. The van der Waals surface area contributed by atoms with Crippen LogP contribution in [0.25, 0.3) is 0 Å². The Morgan fingerprint density at radius 2 is 2.27 bits per heavy atom. The second-order valence-corrected chi connectivity index (χ2v) is 3.82. The van der Waals surface area contributed by atoms with E-state index in [-0.39, 0.29) is 11.7 Å². The summed E-state index contributed by atoms with van der Waals surface area (Å²) in [5.41, 5.74) is 5.87. The SMILES string of the molecule is NCC1CN(C(=O)c2cccc(F)c2)C1. The van der Waals surface area contributed by atoms with E-state index in [1.807, 2.05) is 0 Å². The third kappa shape index (κ3) is 1.99. The van der Waals surface area contributed by atoms with E-state index in [0.717, 1.165) is 0 Å². The van der Waals surface area contributed by atoms with Crippen LogP contribution in [0.5, 0.6) is 0 Å². The van der Waals surface area contributed by atoms with Crippen LogP contribution in [0.15, 0.2) is 24.3 Å². The molecule has 0 spiro atoms. The summed E-state index contributed by atoms with van der Waals surface area (Å²) in [7, 11) is 0. The fourth-order valence-electron chi connectivity index (χ4n) is 1.69. The van der Waals surface area contributed by atoms with E-state index >= 15 is 0 Å². The molecule has 0 atom stereocenters. The van der Waals surface area contributed by atoms with Gasteiger partial charge in [0.15, 0.2) is 0 Å². The Hall–Kier alpha value is -1.42. The molecular weight excluding hydrogens is 195 g/mol. The second kappa shape index (κ2) is 3.98. The maximum Gasteiger partial charge on any atom is 0.253 e. The van der Waals surface area contributed by atoms with Crippen molar-refractivity contribution in [3.8, 4) is 0 Å². The van der Waals surface area contributed by atoms with Crippen molar-refractivity contribution in [1.82, 2.24) is 4.90 Å². The molecule has 2 rings (SSSR count). The number of likely N-dealkylation sites (tertiary alicyclic amines) is 1. The number of carbonyl (C=O) groups is 1. The molecule has 1 amide bonds. The number of halogens is 1. The van der Waals surface area contributed by atoms with Crippen LogP contribution in [-0.4, -0.2) is 30.4 Å². The lowest BCUT2D eigenvalue weighted by atomic mass is 9.99. The van der Waals surface area contributed by atoms with Crippen LogP contribution in [0, 0.1) is 11.7 Å². The van der Waals surface area contributed by atoms with E-state index in [4.69, 9.17) is 5.73 Å². The molecule has 0 aromatic heterocycles. The quantitative estimate of drug-likeness (QED) is 0.783. The topological polar surface area (TPSA) is 46.3 Å². The lowest BCUT2D eigenvalue weighted by Crippen LogP contribution is -2.52. The number of nitrogens with two attached hydrogens (primary N) is 1. The number of nitrogens with zero attached hydrogens (tertiary/aromatic N) is 1. The molecule has 1 aliphatic heterocycles. The van der Waals surface area contributed by atoms with E-state index in [0.29, 0.717) is 31.1 Å². The molecule has 0 saturated carbocycles. The Kier molecular flexibility index (Phi) is 2.68. The van der Waals surface area contributed by atoms with Crippen LogP contribution in [0.3, 0.4) is 0 Å². The van der Waals surface area contributed by atoms with Gasteiger partial charge in [0.1, 0.15) is 5.82 Å². The normalized spacial score (nSPS) is 16.3. The fraction of sp³-hybridized carbons (Fsp3) is 0.364. The Balaban J connectivity index is 2.03. The Morgan fingerprint density at radius 1 is 1.53 bits per heavy atom. The van der Waals surface area contributed by atoms with Gasteiger partial charge in [-0.25, -0.2) is 4.39 Å². The molecule has 0 unspecified atom stereocenters. The lowest BCUT2D eigenvalue weighted by Gasteiger charge is -2.38. The van der Waals surface area contributed by atoms with Crippen molar-refractivity contribution < 1.29 is 9.18 Å². The average molecular weight is 208 g/mol. The number of benzene rings is 1. The number of hydrogen-bond acceptors (Lipinski definition) is 2. The predicted octanol–water partition coefficient (Wildman–Crippen LogP) is 0.856. The second-order valence-electron chi connectivity index (χ2n) is 3.82. The van der Waals surface area contributed by atoms with E-state index in [2.05, 4.69) is 0 Å². The Morgan fingerprint density at radius 3 is 2.87 bits per heavy atom. The minimum absolute atomic E-state index is 0.112. The minimum atomic E-state index is -0.378. The Bertz CT molecular complexity index is 375. The van der Waals surface area contributed by atoms with Crippen LogP contribution in [0.1, 0.15) is 10.4 Å². The molecule has 1 heterocycles. The van der Waals surface area contributed by atoms with Gasteiger partial charge in [0.2, 0.25) is 0 Å². The molecule has 1 aromatic carbocycles. The van der Waals surface area contributed by atoms with Gasteiger partial charge in [0.05, 0.1) is 0 Å². The van der Waals surface area contributed by atoms with Gasteiger partial charge in [0, 0.05) is 24.6 Å². The summed E-state index contributed by atoms with van der Waals surface area (Å²) in [5, 5.41) is 0. The van der Waals surface area contributed by atoms with Gasteiger partial charge in [-0.1, -0.05) is 6.07 Å². The number of carbonyl (C=O) groups excluding carboxylic acids is 1. The Labute approximate surface area is 87.7 Å². The molecule has 4 heteroatoms. The largest absolute Gasteiger partial charge is 0.338 e. The van der Waals surface area contributed by atoms with Crippen molar-refractivity contribution >= 4 is 5.91 Å². The van der Waals surface area contributed by atoms with Crippen molar-refractivity contribution in [2.75, 3.05) is 19.6 Å². The molecule has 0 bridgehead atoms. The zero-order valence-corrected chi connectivity index (χ0v) is 8.32. The van der Waals surface area contributed by atoms with Crippen LogP contribution >= 0.6 is 0 Å². The first kappa shape index (κ1) is 10.1. The van der Waals surface area contributed by atoms with Gasteiger partial charge >= 0.3 is 0 Å². The zero-order chi connectivity index (χ0) is 10.8. The van der Waals surface area contributed by atoms with Gasteiger partial charge in [-0.3, -0.25) is 4.79 Å². The first-order valence-electron chi connectivity index (χ1n) is 4.95. The highest BCUT2D eigenvalue weighted by molar-refractivity contribution is 5.94. The summed E-state index contributed by atoms with van der Waals surface area (Å²) in [6.07, 6.45) is 0. The summed E-state index contributed by atoms with van der Waals surface area (Å²) in [6.45, 7) is 1.98. The highest BCUT2D eigenvalue weighted by Crippen LogP contribution is 2.17. The van der Waals surface area contributed by atoms with Gasteiger partial charge in [-0.2, -0.15) is 0 Å². The van der Waals surface area contributed by atoms with Crippen LogP contribution in [0.4, 0.5) is 4.39 Å². The van der Waals surface area contributed by atoms with Crippen molar-refractivity contribution in [3.63, 3.8) is 0 Å². The number of hydrogen-bond donors (Lipinski definition) is 1. The van der Waals surface area contributed by atoms with Crippen molar-refractivity contribution in [2.24, 2.45) is 11.7 Å².